The van der Waals surface area contributed by atoms with Crippen molar-refractivity contribution in [2.24, 2.45) is 5.73 Å². The van der Waals surface area contributed by atoms with Crippen molar-refractivity contribution < 1.29 is 4.74 Å². The first-order valence-electron chi connectivity index (χ1n) is 7.05. The average Bonchev–Trinajstić information content (AvgIpc) is 2.95. The van der Waals surface area contributed by atoms with E-state index in [0.717, 1.165) is 37.6 Å². The molecule has 1 aliphatic heterocycles. The predicted octanol–water partition coefficient (Wildman–Crippen LogP) is 2.64. The van der Waals surface area contributed by atoms with E-state index in [9.17, 15) is 0 Å². The molecular formula is C16H20N2OS. The van der Waals surface area contributed by atoms with Crippen molar-refractivity contribution in [3.8, 4) is 5.75 Å². The summed E-state index contributed by atoms with van der Waals surface area (Å²) in [6.07, 6.45) is 1.17. The Kier molecular flexibility index (Phi) is 4.35. The topological polar surface area (TPSA) is 38.5 Å². The minimum atomic E-state index is 0.526. The zero-order chi connectivity index (χ0) is 13.8. The Morgan fingerprint density at radius 1 is 1.25 bits per heavy atom. The van der Waals surface area contributed by atoms with Crippen LogP contribution in [0.4, 0.5) is 0 Å². The largest absolute Gasteiger partial charge is 0.492 e. The summed E-state index contributed by atoms with van der Waals surface area (Å²) in [5, 5.41) is 2.20. The zero-order valence-electron chi connectivity index (χ0n) is 11.5. The minimum Gasteiger partial charge on any atom is -0.492 e. The van der Waals surface area contributed by atoms with Gasteiger partial charge in [0.25, 0.3) is 0 Å². The summed E-state index contributed by atoms with van der Waals surface area (Å²) in [4.78, 5) is 4.01. The third-order valence-corrected chi connectivity index (χ3v) is 4.77. The molecule has 0 saturated heterocycles. The smallest absolute Gasteiger partial charge is 0.123 e. The van der Waals surface area contributed by atoms with Crippen molar-refractivity contribution in [1.82, 2.24) is 4.90 Å². The molecule has 0 amide bonds. The van der Waals surface area contributed by atoms with Crippen LogP contribution in [0.25, 0.3) is 0 Å². The van der Waals surface area contributed by atoms with Crippen LogP contribution >= 0.6 is 11.3 Å². The van der Waals surface area contributed by atoms with E-state index < -0.39 is 0 Å². The number of hydrogen-bond donors (Lipinski definition) is 1. The Hall–Kier alpha value is -1.36. The molecule has 2 heterocycles. The van der Waals surface area contributed by atoms with E-state index >= 15 is 0 Å². The summed E-state index contributed by atoms with van der Waals surface area (Å²) >= 11 is 1.88. The van der Waals surface area contributed by atoms with Gasteiger partial charge in [0.1, 0.15) is 12.4 Å². The Balaban J connectivity index is 1.51. The van der Waals surface area contributed by atoms with Gasteiger partial charge in [-0.1, -0.05) is 18.2 Å². The van der Waals surface area contributed by atoms with Gasteiger partial charge < -0.3 is 10.5 Å². The van der Waals surface area contributed by atoms with Crippen LogP contribution in [0.2, 0.25) is 0 Å². The normalized spacial score (nSPS) is 15.1. The van der Waals surface area contributed by atoms with E-state index in [1.54, 1.807) is 4.88 Å². The van der Waals surface area contributed by atoms with E-state index in [0.29, 0.717) is 6.54 Å². The number of para-hydroxylation sites is 1. The van der Waals surface area contributed by atoms with Crippen molar-refractivity contribution in [3.63, 3.8) is 0 Å². The molecule has 0 saturated carbocycles. The SMILES string of the molecule is NCc1ccccc1OCCN1CCc2sccc2C1. The Labute approximate surface area is 124 Å². The Morgan fingerprint density at radius 2 is 2.15 bits per heavy atom. The first-order chi connectivity index (χ1) is 9.86. The first-order valence-corrected chi connectivity index (χ1v) is 7.93. The van der Waals surface area contributed by atoms with Crippen molar-refractivity contribution in [3.05, 3.63) is 51.7 Å². The Bertz CT molecular complexity index is 567. The van der Waals surface area contributed by atoms with E-state index in [4.69, 9.17) is 10.5 Å². The van der Waals surface area contributed by atoms with Gasteiger partial charge in [-0.3, -0.25) is 4.90 Å². The van der Waals surface area contributed by atoms with Crippen LogP contribution in [0.3, 0.4) is 0 Å². The third kappa shape index (κ3) is 3.03. The molecule has 1 aromatic carbocycles. The van der Waals surface area contributed by atoms with E-state index in [-0.39, 0.29) is 0 Å². The summed E-state index contributed by atoms with van der Waals surface area (Å²) in [6.45, 7) is 4.40. The van der Waals surface area contributed by atoms with Crippen LogP contribution in [0.5, 0.6) is 5.75 Å². The summed E-state index contributed by atoms with van der Waals surface area (Å²) < 4.78 is 5.88. The standard InChI is InChI=1S/C16H20N2OS/c17-11-13-3-1-2-4-15(13)19-9-8-18-7-5-16-14(12-18)6-10-20-16/h1-4,6,10H,5,7-9,11-12,17H2. The second-order valence-electron chi connectivity index (χ2n) is 5.06. The first kappa shape index (κ1) is 13.6. The molecule has 1 aromatic heterocycles. The van der Waals surface area contributed by atoms with Crippen LogP contribution < -0.4 is 10.5 Å². The molecule has 4 heteroatoms. The monoisotopic (exact) mass is 288 g/mol. The van der Waals surface area contributed by atoms with Crippen molar-refractivity contribution in [2.45, 2.75) is 19.5 Å². The van der Waals surface area contributed by atoms with Gasteiger partial charge in [-0.15, -0.1) is 11.3 Å². The molecule has 2 N–H and O–H groups in total. The zero-order valence-corrected chi connectivity index (χ0v) is 12.4. The van der Waals surface area contributed by atoms with Crippen LogP contribution in [0, 0.1) is 0 Å². The second-order valence-corrected chi connectivity index (χ2v) is 6.06. The number of ether oxygens (including phenoxy) is 1. The lowest BCUT2D eigenvalue weighted by Crippen LogP contribution is -2.33. The molecule has 3 nitrogen and oxygen atoms in total. The number of fused-ring (bicyclic) bond motifs is 1. The number of nitrogens with zero attached hydrogens (tertiary/aromatic N) is 1. The lowest BCUT2D eigenvalue weighted by molar-refractivity contribution is 0.196. The summed E-state index contributed by atoms with van der Waals surface area (Å²) in [5.41, 5.74) is 8.28. The molecule has 0 aliphatic carbocycles. The molecule has 0 bridgehead atoms. The van der Waals surface area contributed by atoms with Gasteiger partial charge in [0.05, 0.1) is 0 Å². The maximum atomic E-state index is 5.88. The highest BCUT2D eigenvalue weighted by atomic mass is 32.1. The van der Waals surface area contributed by atoms with Crippen LogP contribution in [-0.2, 0) is 19.5 Å². The van der Waals surface area contributed by atoms with Crippen LogP contribution in [0.15, 0.2) is 35.7 Å². The van der Waals surface area contributed by atoms with Crippen LogP contribution in [-0.4, -0.2) is 24.6 Å². The summed E-state index contributed by atoms with van der Waals surface area (Å²) in [5.74, 6) is 0.920. The predicted molar refractivity (Wildman–Crippen MR) is 83.1 cm³/mol. The molecule has 0 atom stereocenters. The van der Waals surface area contributed by atoms with Crippen molar-refractivity contribution >= 4 is 11.3 Å². The number of thiophene rings is 1. The van der Waals surface area contributed by atoms with Crippen molar-refractivity contribution in [2.75, 3.05) is 19.7 Å². The average molecular weight is 288 g/mol. The molecule has 0 spiro atoms. The van der Waals surface area contributed by atoms with Gasteiger partial charge in [-0.05, 0) is 29.5 Å². The molecular weight excluding hydrogens is 268 g/mol. The molecule has 20 heavy (non-hydrogen) atoms. The van der Waals surface area contributed by atoms with Gasteiger partial charge in [0, 0.05) is 36.6 Å². The number of hydrogen-bond acceptors (Lipinski definition) is 4. The highest BCUT2D eigenvalue weighted by Crippen LogP contribution is 2.24. The number of nitrogens with two attached hydrogens (primary N) is 1. The molecule has 0 unspecified atom stereocenters. The van der Waals surface area contributed by atoms with E-state index in [2.05, 4.69) is 16.3 Å². The van der Waals surface area contributed by atoms with Gasteiger partial charge in [0.2, 0.25) is 0 Å². The quantitative estimate of drug-likeness (QED) is 0.919. The third-order valence-electron chi connectivity index (χ3n) is 3.74. The fourth-order valence-corrected chi connectivity index (χ4v) is 3.49. The van der Waals surface area contributed by atoms with E-state index in [1.165, 1.54) is 12.0 Å². The van der Waals surface area contributed by atoms with Crippen LogP contribution in [0.1, 0.15) is 16.0 Å². The van der Waals surface area contributed by atoms with Crippen molar-refractivity contribution in [1.29, 1.82) is 0 Å². The molecule has 106 valence electrons. The summed E-state index contributed by atoms with van der Waals surface area (Å²) in [6, 6.07) is 10.3. The molecule has 3 rings (SSSR count). The maximum absolute atomic E-state index is 5.88. The molecule has 1 aliphatic rings. The minimum absolute atomic E-state index is 0.526. The second kappa shape index (κ2) is 6.39. The lowest BCUT2D eigenvalue weighted by Gasteiger charge is -2.26. The van der Waals surface area contributed by atoms with Gasteiger partial charge in [0.15, 0.2) is 0 Å². The summed E-state index contributed by atoms with van der Waals surface area (Å²) in [7, 11) is 0. The lowest BCUT2D eigenvalue weighted by atomic mass is 10.1. The molecule has 2 aromatic rings. The fourth-order valence-electron chi connectivity index (χ4n) is 2.60. The number of benzene rings is 1. The molecule has 0 fully saturated rings. The van der Waals surface area contributed by atoms with E-state index in [1.807, 2.05) is 35.6 Å². The van der Waals surface area contributed by atoms with Gasteiger partial charge >= 0.3 is 0 Å². The van der Waals surface area contributed by atoms with Gasteiger partial charge in [-0.25, -0.2) is 0 Å². The fraction of sp³-hybridized carbons (Fsp3) is 0.375. The van der Waals surface area contributed by atoms with Gasteiger partial charge in [-0.2, -0.15) is 0 Å². The highest BCUT2D eigenvalue weighted by molar-refractivity contribution is 7.10. The highest BCUT2D eigenvalue weighted by Gasteiger charge is 2.16. The number of rotatable bonds is 5. The molecule has 0 radical (unpaired) electrons. The maximum Gasteiger partial charge on any atom is 0.123 e. The Morgan fingerprint density at radius 3 is 3.05 bits per heavy atom.